The van der Waals surface area contributed by atoms with Gasteiger partial charge in [0, 0.05) is 6.61 Å². The van der Waals surface area contributed by atoms with Crippen molar-refractivity contribution < 1.29 is 14.3 Å². The maximum absolute atomic E-state index is 11.7. The molecule has 1 aliphatic rings. The molecule has 1 rings (SSSR count). The molecule has 0 aromatic carbocycles. The van der Waals surface area contributed by atoms with Crippen LogP contribution in [0.1, 0.15) is 39.5 Å². The summed E-state index contributed by atoms with van der Waals surface area (Å²) in [4.78, 5) is 23.2. The van der Waals surface area contributed by atoms with Crippen LogP contribution in [-0.2, 0) is 14.3 Å². The summed E-state index contributed by atoms with van der Waals surface area (Å²) in [5.74, 6) is 0.541. The fourth-order valence-corrected chi connectivity index (χ4v) is 2.59. The number of carbonyl (C=O) groups excluding carboxylic acids is 2. The van der Waals surface area contributed by atoms with Crippen LogP contribution >= 0.6 is 11.8 Å². The average molecular weight is 274 g/mol. The van der Waals surface area contributed by atoms with Crippen molar-refractivity contribution in [2.75, 3.05) is 12.4 Å². The second-order valence-corrected chi connectivity index (χ2v) is 5.80. The highest BCUT2D eigenvalue weighted by Crippen LogP contribution is 2.13. The third-order valence-corrected chi connectivity index (χ3v) is 4.00. The van der Waals surface area contributed by atoms with Gasteiger partial charge in [0.25, 0.3) is 11.8 Å². The minimum Gasteiger partial charge on any atom is -0.368 e. The van der Waals surface area contributed by atoms with E-state index in [1.165, 1.54) is 0 Å². The third kappa shape index (κ3) is 5.27. The van der Waals surface area contributed by atoms with Crippen molar-refractivity contribution in [1.29, 1.82) is 0 Å². The Labute approximate surface area is 112 Å². The Morgan fingerprint density at radius 2 is 2.22 bits per heavy atom. The maximum Gasteiger partial charge on any atom is 0.267 e. The van der Waals surface area contributed by atoms with Gasteiger partial charge in [-0.3, -0.25) is 20.4 Å². The zero-order chi connectivity index (χ0) is 13.4. The Morgan fingerprint density at radius 1 is 1.44 bits per heavy atom. The fourth-order valence-electron chi connectivity index (χ4n) is 1.57. The summed E-state index contributed by atoms with van der Waals surface area (Å²) in [6.07, 6.45) is 3.44. The first-order chi connectivity index (χ1) is 8.65. The topological polar surface area (TPSA) is 67.4 Å². The molecule has 1 saturated heterocycles. The molecule has 0 radical (unpaired) electrons. The molecular weight excluding hydrogens is 252 g/mol. The smallest absolute Gasteiger partial charge is 0.267 e. The number of hydrogen-bond donors (Lipinski definition) is 2. The van der Waals surface area contributed by atoms with Gasteiger partial charge in [-0.15, -0.1) is 11.8 Å². The summed E-state index contributed by atoms with van der Waals surface area (Å²) in [5, 5.41) is -0.152. The Morgan fingerprint density at radius 3 is 2.83 bits per heavy atom. The van der Waals surface area contributed by atoms with E-state index in [0.29, 0.717) is 6.61 Å². The minimum atomic E-state index is -0.409. The molecule has 1 fully saturated rings. The van der Waals surface area contributed by atoms with E-state index in [1.54, 1.807) is 11.8 Å². The quantitative estimate of drug-likeness (QED) is 0.565. The molecule has 1 heterocycles. The minimum absolute atomic E-state index is 0.152. The number of ether oxygens (including phenoxy) is 1. The van der Waals surface area contributed by atoms with Gasteiger partial charge < -0.3 is 4.74 Å². The summed E-state index contributed by atoms with van der Waals surface area (Å²) in [6, 6.07) is 0. The van der Waals surface area contributed by atoms with Crippen molar-refractivity contribution in [2.24, 2.45) is 0 Å². The van der Waals surface area contributed by atoms with Gasteiger partial charge in [-0.1, -0.05) is 13.3 Å². The van der Waals surface area contributed by atoms with Gasteiger partial charge in [0.05, 0.1) is 5.25 Å². The highest BCUT2D eigenvalue weighted by molar-refractivity contribution is 8.00. The first-order valence-electron chi connectivity index (χ1n) is 6.48. The van der Waals surface area contributed by atoms with Crippen molar-refractivity contribution in [2.45, 2.75) is 50.9 Å². The van der Waals surface area contributed by atoms with E-state index in [4.69, 9.17) is 4.74 Å². The van der Waals surface area contributed by atoms with Gasteiger partial charge in [-0.25, -0.2) is 0 Å². The third-order valence-electron chi connectivity index (χ3n) is 2.77. The van der Waals surface area contributed by atoms with Crippen molar-refractivity contribution in [3.05, 3.63) is 0 Å². The zero-order valence-electron chi connectivity index (χ0n) is 11.0. The van der Waals surface area contributed by atoms with Gasteiger partial charge in [0.2, 0.25) is 0 Å². The lowest BCUT2D eigenvalue weighted by Gasteiger charge is -2.14. The van der Waals surface area contributed by atoms with E-state index in [2.05, 4.69) is 17.8 Å². The number of thioether (sulfide) groups is 1. The molecule has 0 saturated carbocycles. The maximum atomic E-state index is 11.7. The fraction of sp³-hybridized carbons (Fsp3) is 0.833. The molecule has 2 atom stereocenters. The molecular formula is C12H22N2O3S. The number of amides is 2. The van der Waals surface area contributed by atoms with E-state index in [1.807, 2.05) is 6.92 Å². The number of unbranched alkanes of at least 4 members (excludes halogenated alkanes) is 1. The van der Waals surface area contributed by atoms with E-state index in [-0.39, 0.29) is 17.1 Å². The van der Waals surface area contributed by atoms with Crippen molar-refractivity contribution in [3.8, 4) is 0 Å². The van der Waals surface area contributed by atoms with Crippen LogP contribution in [0.4, 0.5) is 0 Å². The molecule has 0 aliphatic carbocycles. The summed E-state index contributed by atoms with van der Waals surface area (Å²) < 4.78 is 5.22. The number of nitrogens with one attached hydrogen (secondary N) is 2. The predicted molar refractivity (Wildman–Crippen MR) is 72.1 cm³/mol. The van der Waals surface area contributed by atoms with Gasteiger partial charge in [0.1, 0.15) is 6.10 Å². The predicted octanol–water partition coefficient (Wildman–Crippen LogP) is 1.23. The van der Waals surface area contributed by atoms with Crippen LogP contribution in [0, 0.1) is 0 Å². The van der Waals surface area contributed by atoms with Crippen LogP contribution in [0.25, 0.3) is 0 Å². The standard InChI is InChI=1S/C12H22N2O3S/c1-3-4-8-18-9(2)11(15)13-14-12(16)10-6-5-7-17-10/h9-10H,3-8H2,1-2H3,(H,13,15)(H,14,16). The summed E-state index contributed by atoms with van der Waals surface area (Å²) in [7, 11) is 0. The number of rotatable bonds is 6. The lowest BCUT2D eigenvalue weighted by atomic mass is 10.2. The van der Waals surface area contributed by atoms with Crippen LogP contribution in [0.3, 0.4) is 0 Å². The largest absolute Gasteiger partial charge is 0.368 e. The molecule has 6 heteroatoms. The lowest BCUT2D eigenvalue weighted by molar-refractivity contribution is -0.134. The molecule has 1 aliphatic heterocycles. The SMILES string of the molecule is CCCCSC(C)C(=O)NNC(=O)C1CCCO1. The molecule has 5 nitrogen and oxygen atoms in total. The molecule has 2 N–H and O–H groups in total. The van der Waals surface area contributed by atoms with Crippen LogP contribution in [0.15, 0.2) is 0 Å². The number of hydrazine groups is 1. The molecule has 104 valence electrons. The van der Waals surface area contributed by atoms with Gasteiger partial charge >= 0.3 is 0 Å². The monoisotopic (exact) mass is 274 g/mol. The molecule has 0 aromatic heterocycles. The highest BCUT2D eigenvalue weighted by atomic mass is 32.2. The molecule has 18 heavy (non-hydrogen) atoms. The van der Waals surface area contributed by atoms with Gasteiger partial charge in [-0.2, -0.15) is 0 Å². The summed E-state index contributed by atoms with van der Waals surface area (Å²) in [5.41, 5.74) is 4.87. The molecule has 2 amide bonds. The summed E-state index contributed by atoms with van der Waals surface area (Å²) in [6.45, 7) is 4.58. The van der Waals surface area contributed by atoms with Crippen molar-refractivity contribution in [1.82, 2.24) is 10.9 Å². The molecule has 0 aromatic rings. The summed E-state index contributed by atoms with van der Waals surface area (Å²) >= 11 is 1.60. The molecule has 0 spiro atoms. The van der Waals surface area contributed by atoms with E-state index < -0.39 is 6.10 Å². The van der Waals surface area contributed by atoms with Crippen molar-refractivity contribution >= 4 is 23.6 Å². The van der Waals surface area contributed by atoms with Crippen LogP contribution in [0.2, 0.25) is 0 Å². The van der Waals surface area contributed by atoms with E-state index >= 15 is 0 Å². The lowest BCUT2D eigenvalue weighted by Crippen LogP contribution is -2.48. The van der Waals surface area contributed by atoms with Crippen LogP contribution in [-0.4, -0.2) is 35.5 Å². The highest BCUT2D eigenvalue weighted by Gasteiger charge is 2.24. The Kier molecular flexibility index (Phi) is 7.12. The molecule has 2 unspecified atom stereocenters. The first-order valence-corrected chi connectivity index (χ1v) is 7.53. The van der Waals surface area contributed by atoms with Gasteiger partial charge in [0.15, 0.2) is 0 Å². The first kappa shape index (κ1) is 15.3. The van der Waals surface area contributed by atoms with E-state index in [0.717, 1.165) is 31.4 Å². The second-order valence-electron chi connectivity index (χ2n) is 4.35. The van der Waals surface area contributed by atoms with Crippen LogP contribution < -0.4 is 10.9 Å². The Hall–Kier alpha value is -0.750. The molecule has 0 bridgehead atoms. The number of carbonyl (C=O) groups is 2. The number of hydrogen-bond acceptors (Lipinski definition) is 4. The van der Waals surface area contributed by atoms with Crippen LogP contribution in [0.5, 0.6) is 0 Å². The van der Waals surface area contributed by atoms with Gasteiger partial charge in [-0.05, 0) is 31.9 Å². The Balaban J connectivity index is 2.16. The zero-order valence-corrected chi connectivity index (χ0v) is 11.8. The second kappa shape index (κ2) is 8.37. The van der Waals surface area contributed by atoms with Crippen molar-refractivity contribution in [3.63, 3.8) is 0 Å². The van der Waals surface area contributed by atoms with E-state index in [9.17, 15) is 9.59 Å². The normalized spacial score (nSPS) is 20.4. The average Bonchev–Trinajstić information content (AvgIpc) is 2.89. The Bertz CT molecular complexity index is 280.